The van der Waals surface area contributed by atoms with Gasteiger partial charge < -0.3 is 0 Å². The average Bonchev–Trinajstić information content (AvgIpc) is 2.74. The fraction of sp³-hybridized carbons (Fsp3) is 0. The van der Waals surface area contributed by atoms with Gasteiger partial charge in [0.2, 0.25) is 0 Å². The van der Waals surface area contributed by atoms with E-state index in [4.69, 9.17) is 23.1 Å². The smallest absolute Gasteiger partial charge is 0.222 e. The summed E-state index contributed by atoms with van der Waals surface area (Å²) in [7, 11) is -4.94. The van der Waals surface area contributed by atoms with Crippen LogP contribution in [0.5, 0.6) is 0 Å². The molecule has 29 heavy (non-hydrogen) atoms. The standard InChI is InChI=1S/C23H17O.ClHO4/c1-4-10-18(11-5-1)21-16-22(19-12-6-2-7-13-19)23(24-17-21)20-14-8-3-9-15-20;2-1(3,4)5/h1-17H;(H,2,3,4,5)/q+1;/p-1. The number of halogens is 1. The maximum absolute atomic E-state index is 8.49. The Morgan fingerprint density at radius 2 is 0.931 bits per heavy atom. The summed E-state index contributed by atoms with van der Waals surface area (Å²) in [5.74, 6) is 0.890. The molecule has 0 unspecified atom stereocenters. The van der Waals surface area contributed by atoms with E-state index in [1.54, 1.807) is 0 Å². The lowest BCUT2D eigenvalue weighted by molar-refractivity contribution is -2.00. The minimum absolute atomic E-state index is 0.890. The molecule has 0 spiro atoms. The molecule has 3 aromatic carbocycles. The number of hydrogen-bond acceptors (Lipinski definition) is 4. The monoisotopic (exact) mass is 408 g/mol. The summed E-state index contributed by atoms with van der Waals surface area (Å²) in [5.41, 5.74) is 5.56. The maximum atomic E-state index is 8.49. The third-order valence-electron chi connectivity index (χ3n) is 4.08. The van der Waals surface area contributed by atoms with E-state index in [1.807, 2.05) is 48.7 Å². The van der Waals surface area contributed by atoms with Gasteiger partial charge in [0, 0.05) is 0 Å². The highest BCUT2D eigenvalue weighted by molar-refractivity contribution is 5.82. The molecule has 6 heteroatoms. The van der Waals surface area contributed by atoms with Crippen LogP contribution in [0.15, 0.2) is 108 Å². The molecule has 4 rings (SSSR count). The molecule has 0 aliphatic rings. The van der Waals surface area contributed by atoms with Crippen molar-refractivity contribution in [3.05, 3.63) is 103 Å². The normalized spacial score (nSPS) is 10.8. The minimum atomic E-state index is -4.94. The molecule has 0 radical (unpaired) electrons. The molecule has 1 heterocycles. The first-order chi connectivity index (χ1) is 13.9. The lowest BCUT2D eigenvalue weighted by Gasteiger charge is -2.17. The molecule has 146 valence electrons. The molecule has 0 saturated carbocycles. The van der Waals surface area contributed by atoms with Gasteiger partial charge in [-0.3, -0.25) is 0 Å². The molecule has 0 amide bonds. The van der Waals surface area contributed by atoms with Gasteiger partial charge in [0.05, 0.1) is 16.7 Å². The Balaban J connectivity index is 0.000000431. The van der Waals surface area contributed by atoms with E-state index >= 15 is 0 Å². The van der Waals surface area contributed by atoms with Gasteiger partial charge in [-0.2, -0.15) is 0 Å². The summed E-state index contributed by atoms with van der Waals surface area (Å²) in [6.45, 7) is 0. The van der Waals surface area contributed by atoms with Crippen LogP contribution in [-0.2, 0) is 0 Å². The summed E-state index contributed by atoms with van der Waals surface area (Å²) in [6.07, 6.45) is 1.84. The van der Waals surface area contributed by atoms with Gasteiger partial charge in [-0.15, -0.1) is 10.2 Å². The van der Waals surface area contributed by atoms with Crippen LogP contribution < -0.4 is 18.6 Å². The first-order valence-corrected chi connectivity index (χ1v) is 9.89. The van der Waals surface area contributed by atoms with Gasteiger partial charge in [0.15, 0.2) is 0 Å². The van der Waals surface area contributed by atoms with Crippen molar-refractivity contribution in [3.63, 3.8) is 0 Å². The quantitative estimate of drug-likeness (QED) is 0.481. The Morgan fingerprint density at radius 3 is 1.41 bits per heavy atom. The zero-order valence-corrected chi connectivity index (χ0v) is 16.0. The molecule has 0 bridgehead atoms. The largest absolute Gasteiger partial charge is 0.367 e. The molecule has 4 aromatic rings. The molecule has 0 saturated heterocycles. The van der Waals surface area contributed by atoms with Crippen LogP contribution in [0.1, 0.15) is 0 Å². The second kappa shape index (κ2) is 9.43. The van der Waals surface area contributed by atoms with Gasteiger partial charge in [-0.05, 0) is 29.3 Å². The molecule has 0 fully saturated rings. The van der Waals surface area contributed by atoms with Crippen molar-refractivity contribution >= 4 is 0 Å². The Kier molecular flexibility index (Phi) is 6.72. The fourth-order valence-electron chi connectivity index (χ4n) is 2.87. The Labute approximate surface area is 170 Å². The summed E-state index contributed by atoms with van der Waals surface area (Å²) >= 11 is 0. The lowest BCUT2D eigenvalue weighted by atomic mass is 9.97. The molecule has 0 aliphatic heterocycles. The van der Waals surface area contributed by atoms with Crippen molar-refractivity contribution in [1.29, 1.82) is 0 Å². The SMILES string of the molecule is [O-][Cl+3]([O-])([O-])[O-].c1ccc(-c2c[o+]c(-c3ccccc3)c(-c3ccccc3)c2)cc1. The first-order valence-electron chi connectivity index (χ1n) is 8.66. The van der Waals surface area contributed by atoms with Crippen molar-refractivity contribution in [2.75, 3.05) is 0 Å². The summed E-state index contributed by atoms with van der Waals surface area (Å²) in [5, 5.41) is 0. The van der Waals surface area contributed by atoms with E-state index in [0.717, 1.165) is 33.6 Å². The van der Waals surface area contributed by atoms with Crippen molar-refractivity contribution < 1.29 is 33.3 Å². The summed E-state index contributed by atoms with van der Waals surface area (Å²) in [4.78, 5) is 0. The predicted octanol–water partition coefficient (Wildman–Crippen LogP) is 1.81. The first kappa shape index (κ1) is 20.7. The molecule has 0 aliphatic carbocycles. The van der Waals surface area contributed by atoms with Gasteiger partial charge >= 0.3 is 12.0 Å². The van der Waals surface area contributed by atoms with E-state index < -0.39 is 10.2 Å². The van der Waals surface area contributed by atoms with E-state index in [2.05, 4.69) is 54.6 Å². The molecule has 0 N–H and O–H groups in total. The van der Waals surface area contributed by atoms with Crippen LogP contribution in [-0.4, -0.2) is 0 Å². The topological polar surface area (TPSA) is 104 Å². The van der Waals surface area contributed by atoms with Crippen LogP contribution in [0.25, 0.3) is 33.6 Å². The van der Waals surface area contributed by atoms with Gasteiger partial charge in [-0.1, -0.05) is 78.9 Å². The Hall–Kier alpha value is -3.06. The van der Waals surface area contributed by atoms with Crippen molar-refractivity contribution in [3.8, 4) is 33.6 Å². The van der Waals surface area contributed by atoms with E-state index in [-0.39, 0.29) is 0 Å². The molecular weight excluding hydrogens is 392 g/mol. The van der Waals surface area contributed by atoms with Gasteiger partial charge in [0.1, 0.15) is 0 Å². The van der Waals surface area contributed by atoms with E-state index in [0.29, 0.717) is 0 Å². The minimum Gasteiger partial charge on any atom is -0.222 e. The molecule has 0 atom stereocenters. The molecule has 1 aromatic heterocycles. The predicted molar refractivity (Wildman–Crippen MR) is 99.4 cm³/mol. The highest BCUT2D eigenvalue weighted by Crippen LogP contribution is 2.35. The van der Waals surface area contributed by atoms with E-state index in [9.17, 15) is 0 Å². The second-order valence-corrected chi connectivity index (χ2v) is 6.81. The van der Waals surface area contributed by atoms with Gasteiger partial charge in [-0.25, -0.2) is 23.1 Å². The van der Waals surface area contributed by atoms with Crippen LogP contribution in [0.2, 0.25) is 0 Å². The van der Waals surface area contributed by atoms with Crippen LogP contribution in [0.3, 0.4) is 0 Å². The Morgan fingerprint density at radius 1 is 0.517 bits per heavy atom. The van der Waals surface area contributed by atoms with Crippen LogP contribution in [0, 0.1) is 10.2 Å². The third-order valence-corrected chi connectivity index (χ3v) is 4.08. The fourth-order valence-corrected chi connectivity index (χ4v) is 2.87. The van der Waals surface area contributed by atoms with Crippen molar-refractivity contribution in [2.24, 2.45) is 0 Å². The second-order valence-electron chi connectivity index (χ2n) is 6.05. The maximum Gasteiger partial charge on any atom is 0.367 e. The summed E-state index contributed by atoms with van der Waals surface area (Å²) in [6, 6.07) is 33.1. The number of rotatable bonds is 3. The van der Waals surface area contributed by atoms with Crippen molar-refractivity contribution in [2.45, 2.75) is 0 Å². The molecule has 5 nitrogen and oxygen atoms in total. The van der Waals surface area contributed by atoms with Crippen LogP contribution in [0.4, 0.5) is 0 Å². The van der Waals surface area contributed by atoms with Gasteiger partial charge in [0.25, 0.3) is 0 Å². The Bertz CT molecular complexity index is 1030. The highest BCUT2D eigenvalue weighted by atomic mass is 35.7. The lowest BCUT2D eigenvalue weighted by Crippen LogP contribution is -2.68. The summed E-state index contributed by atoms with van der Waals surface area (Å²) < 4.78 is 40.1. The number of benzene rings is 3. The molecular formula is C23H17ClO5. The number of hydrogen-bond donors (Lipinski definition) is 0. The third kappa shape index (κ3) is 6.22. The average molecular weight is 409 g/mol. The zero-order valence-electron chi connectivity index (χ0n) is 15.2. The zero-order chi connectivity index (χ0) is 20.7. The highest BCUT2D eigenvalue weighted by Gasteiger charge is 2.21. The van der Waals surface area contributed by atoms with E-state index in [1.165, 1.54) is 0 Å². The van der Waals surface area contributed by atoms with Crippen molar-refractivity contribution in [1.82, 2.24) is 0 Å². The van der Waals surface area contributed by atoms with Crippen LogP contribution >= 0.6 is 0 Å².